The molecule has 13 heavy (non-hydrogen) atoms. The first-order valence-corrected chi connectivity index (χ1v) is 4.98. The molecule has 0 spiro atoms. The maximum absolute atomic E-state index is 5.06. The summed E-state index contributed by atoms with van der Waals surface area (Å²) in [7, 11) is 0. The third kappa shape index (κ3) is 2.89. The van der Waals surface area contributed by atoms with E-state index in [4.69, 9.17) is 24.4 Å². The Hall–Kier alpha value is -0.750. The van der Waals surface area contributed by atoms with Crippen molar-refractivity contribution in [2.45, 2.75) is 19.8 Å². The van der Waals surface area contributed by atoms with Gasteiger partial charge < -0.3 is 5.32 Å². The summed E-state index contributed by atoms with van der Waals surface area (Å²) < 4.78 is 1.09. The molecule has 0 aliphatic heterocycles. The van der Waals surface area contributed by atoms with E-state index in [-0.39, 0.29) is 0 Å². The summed E-state index contributed by atoms with van der Waals surface area (Å²) in [6.45, 7) is 3.01. The molecule has 0 bridgehead atoms. The van der Waals surface area contributed by atoms with Gasteiger partial charge in [-0.2, -0.15) is 0 Å². The smallest absolute Gasteiger partial charge is 0.169 e. The minimum absolute atomic E-state index is 0.518. The molecular weight excluding hydrogens is 204 g/mol. The van der Waals surface area contributed by atoms with E-state index < -0.39 is 0 Å². The standard InChI is InChI=1S/C7H12N4S2/c1-2-3-4-8-6-5(12)7(13)10-11-9-6/h2-4H2,1H3,(H,11,12)(H2,8,9,10,13). The SMILES string of the molecule is CCCCNc1n[nH][nH]c(=S)c1=S. The van der Waals surface area contributed by atoms with Crippen LogP contribution in [0.5, 0.6) is 0 Å². The summed E-state index contributed by atoms with van der Waals surface area (Å²) in [5.41, 5.74) is 0. The molecule has 3 N–H and O–H groups in total. The number of nitrogens with one attached hydrogen (secondary N) is 3. The van der Waals surface area contributed by atoms with Crippen molar-refractivity contribution >= 4 is 30.3 Å². The Balaban J connectivity index is 2.72. The monoisotopic (exact) mass is 216 g/mol. The molecule has 0 amide bonds. The highest BCUT2D eigenvalue weighted by atomic mass is 32.1. The fourth-order valence-electron chi connectivity index (χ4n) is 0.853. The quantitative estimate of drug-likeness (QED) is 0.534. The lowest BCUT2D eigenvalue weighted by Crippen LogP contribution is -2.05. The second-order valence-corrected chi connectivity index (χ2v) is 3.45. The average Bonchev–Trinajstić information content (AvgIpc) is 2.13. The number of aromatic nitrogens is 3. The maximum Gasteiger partial charge on any atom is 0.169 e. The first-order chi connectivity index (χ1) is 6.25. The van der Waals surface area contributed by atoms with E-state index in [1.165, 1.54) is 0 Å². The molecule has 0 saturated heterocycles. The molecule has 4 nitrogen and oxygen atoms in total. The molecule has 6 heteroatoms. The van der Waals surface area contributed by atoms with E-state index in [0.29, 0.717) is 15.0 Å². The molecule has 1 aromatic heterocycles. The van der Waals surface area contributed by atoms with E-state index in [9.17, 15) is 0 Å². The number of unbranched alkanes of at least 4 members (excludes halogenated alkanes) is 1. The van der Waals surface area contributed by atoms with Crippen molar-refractivity contribution in [1.82, 2.24) is 15.4 Å². The van der Waals surface area contributed by atoms with Gasteiger partial charge in [-0.15, -0.1) is 5.10 Å². The lowest BCUT2D eigenvalue weighted by molar-refractivity contribution is 0.808. The zero-order chi connectivity index (χ0) is 9.68. The lowest BCUT2D eigenvalue weighted by atomic mass is 10.3. The third-order valence-electron chi connectivity index (χ3n) is 1.58. The number of nitrogens with zero attached hydrogens (tertiary/aromatic N) is 1. The van der Waals surface area contributed by atoms with E-state index in [2.05, 4.69) is 27.7 Å². The molecule has 0 atom stereocenters. The lowest BCUT2D eigenvalue weighted by Gasteiger charge is -2.02. The fraction of sp³-hybridized carbons (Fsp3) is 0.571. The number of anilines is 1. The van der Waals surface area contributed by atoms with Crippen molar-refractivity contribution < 1.29 is 0 Å². The molecule has 0 aliphatic rings. The normalized spacial score (nSPS) is 9.92. The first-order valence-electron chi connectivity index (χ1n) is 4.17. The summed E-state index contributed by atoms with van der Waals surface area (Å²) in [4.78, 5) is 0. The number of rotatable bonds is 4. The van der Waals surface area contributed by atoms with Gasteiger partial charge in [0.05, 0.1) is 0 Å². The number of aromatic amines is 2. The van der Waals surface area contributed by atoms with E-state index in [1.807, 2.05) is 0 Å². The van der Waals surface area contributed by atoms with Crippen molar-refractivity contribution in [1.29, 1.82) is 0 Å². The largest absolute Gasteiger partial charge is 0.367 e. The number of hydrogen-bond acceptors (Lipinski definition) is 4. The highest BCUT2D eigenvalue weighted by Crippen LogP contribution is 2.03. The molecule has 1 rings (SSSR count). The van der Waals surface area contributed by atoms with Gasteiger partial charge >= 0.3 is 0 Å². The minimum Gasteiger partial charge on any atom is -0.367 e. The molecule has 1 heterocycles. The second kappa shape index (κ2) is 5.08. The van der Waals surface area contributed by atoms with Crippen LogP contribution >= 0.6 is 24.4 Å². The van der Waals surface area contributed by atoms with Crippen LogP contribution in [0.4, 0.5) is 5.82 Å². The van der Waals surface area contributed by atoms with E-state index in [0.717, 1.165) is 19.4 Å². The van der Waals surface area contributed by atoms with Crippen LogP contribution in [-0.2, 0) is 0 Å². The molecule has 0 fully saturated rings. The fourth-order valence-corrected chi connectivity index (χ4v) is 1.16. The van der Waals surface area contributed by atoms with Crippen LogP contribution in [0.25, 0.3) is 0 Å². The molecule has 0 unspecified atom stereocenters. The van der Waals surface area contributed by atoms with Crippen LogP contribution in [0.2, 0.25) is 0 Å². The van der Waals surface area contributed by atoms with Gasteiger partial charge in [0.1, 0.15) is 9.15 Å². The van der Waals surface area contributed by atoms with Crippen LogP contribution in [0.15, 0.2) is 0 Å². The Labute approximate surface area is 86.8 Å². The van der Waals surface area contributed by atoms with Crippen LogP contribution in [0, 0.1) is 9.15 Å². The van der Waals surface area contributed by atoms with Crippen LogP contribution < -0.4 is 5.32 Å². The van der Waals surface area contributed by atoms with Crippen molar-refractivity contribution in [2.24, 2.45) is 0 Å². The molecule has 0 saturated carbocycles. The molecular formula is C7H12N4S2. The van der Waals surface area contributed by atoms with Crippen molar-refractivity contribution in [3.05, 3.63) is 9.15 Å². The van der Waals surface area contributed by atoms with Gasteiger partial charge in [0.15, 0.2) is 5.82 Å². The Morgan fingerprint density at radius 1 is 1.46 bits per heavy atom. The summed E-state index contributed by atoms with van der Waals surface area (Å²) in [5.74, 6) is 0.659. The van der Waals surface area contributed by atoms with Crippen molar-refractivity contribution in [2.75, 3.05) is 11.9 Å². The van der Waals surface area contributed by atoms with Gasteiger partial charge in [-0.25, -0.2) is 5.21 Å². The summed E-state index contributed by atoms with van der Waals surface area (Å²) >= 11 is 10.0. The Morgan fingerprint density at radius 2 is 2.23 bits per heavy atom. The first kappa shape index (κ1) is 10.3. The molecule has 1 aromatic rings. The Morgan fingerprint density at radius 3 is 2.92 bits per heavy atom. The Kier molecular flexibility index (Phi) is 4.04. The van der Waals surface area contributed by atoms with Crippen LogP contribution in [0.3, 0.4) is 0 Å². The predicted octanol–water partition coefficient (Wildman–Crippen LogP) is 2.41. The van der Waals surface area contributed by atoms with Crippen molar-refractivity contribution in [3.63, 3.8) is 0 Å². The number of hydrogen-bond donors (Lipinski definition) is 3. The van der Waals surface area contributed by atoms with Crippen molar-refractivity contribution in [3.8, 4) is 0 Å². The zero-order valence-corrected chi connectivity index (χ0v) is 9.02. The van der Waals surface area contributed by atoms with Gasteiger partial charge in [-0.05, 0) is 6.42 Å². The van der Waals surface area contributed by atoms with Gasteiger partial charge in [0.25, 0.3) is 0 Å². The molecule has 0 aliphatic carbocycles. The third-order valence-corrected chi connectivity index (χ3v) is 2.41. The maximum atomic E-state index is 5.06. The topological polar surface area (TPSA) is 56.5 Å². The molecule has 0 aromatic carbocycles. The molecule has 72 valence electrons. The van der Waals surface area contributed by atoms with E-state index in [1.54, 1.807) is 0 Å². The average molecular weight is 216 g/mol. The van der Waals surface area contributed by atoms with Gasteiger partial charge in [0, 0.05) is 6.54 Å². The Bertz CT molecular complexity index is 367. The summed E-state index contributed by atoms with van der Waals surface area (Å²) in [5, 5.41) is 12.3. The van der Waals surface area contributed by atoms with E-state index >= 15 is 0 Å². The predicted molar refractivity (Wildman–Crippen MR) is 58.0 cm³/mol. The van der Waals surface area contributed by atoms with Gasteiger partial charge in [-0.3, -0.25) is 5.10 Å². The van der Waals surface area contributed by atoms with Crippen LogP contribution in [-0.4, -0.2) is 22.0 Å². The second-order valence-electron chi connectivity index (χ2n) is 2.64. The van der Waals surface area contributed by atoms with Gasteiger partial charge in [-0.1, -0.05) is 37.8 Å². The molecule has 0 radical (unpaired) electrons. The van der Waals surface area contributed by atoms with Crippen LogP contribution in [0.1, 0.15) is 19.8 Å². The number of H-pyrrole nitrogens is 2. The summed E-state index contributed by atoms with van der Waals surface area (Å²) in [6.07, 6.45) is 2.24. The minimum atomic E-state index is 0.518. The highest BCUT2D eigenvalue weighted by Gasteiger charge is 1.96. The van der Waals surface area contributed by atoms with Gasteiger partial charge in [0.2, 0.25) is 0 Å². The summed E-state index contributed by atoms with van der Waals surface area (Å²) in [6, 6.07) is 0. The zero-order valence-electron chi connectivity index (χ0n) is 7.39. The highest BCUT2D eigenvalue weighted by molar-refractivity contribution is 7.74.